The third kappa shape index (κ3) is 5.79. The molecular weight excluding hydrogens is 124 g/mol. The quantitative estimate of drug-likeness (QED) is 0.442. The highest BCUT2D eigenvalue weighted by molar-refractivity contribution is 4.95. The Morgan fingerprint density at radius 1 is 1.50 bits per heavy atom. The summed E-state index contributed by atoms with van der Waals surface area (Å²) < 4.78 is 0. The summed E-state index contributed by atoms with van der Waals surface area (Å²) in [6, 6.07) is 0. The van der Waals surface area contributed by atoms with Gasteiger partial charge < -0.3 is 11.1 Å². The van der Waals surface area contributed by atoms with Crippen molar-refractivity contribution in [3.63, 3.8) is 0 Å². The van der Waals surface area contributed by atoms with Crippen LogP contribution in [-0.4, -0.2) is 19.6 Å². The van der Waals surface area contributed by atoms with E-state index >= 15 is 0 Å². The first-order valence-corrected chi connectivity index (χ1v) is 3.83. The lowest BCUT2D eigenvalue weighted by atomic mass is 10.2. The van der Waals surface area contributed by atoms with E-state index in [-0.39, 0.29) is 0 Å². The first kappa shape index (κ1) is 9.66. The van der Waals surface area contributed by atoms with Gasteiger partial charge in [0, 0.05) is 13.1 Å². The zero-order valence-corrected chi connectivity index (χ0v) is 6.98. The Hall–Kier alpha value is -0.340. The van der Waals surface area contributed by atoms with Crippen molar-refractivity contribution in [2.75, 3.05) is 19.6 Å². The molecule has 2 nitrogen and oxygen atoms in total. The Morgan fingerprint density at radius 3 is 2.70 bits per heavy atom. The van der Waals surface area contributed by atoms with E-state index in [2.05, 4.69) is 25.2 Å². The van der Waals surface area contributed by atoms with E-state index in [9.17, 15) is 0 Å². The highest BCUT2D eigenvalue weighted by atomic mass is 14.9. The van der Waals surface area contributed by atoms with Gasteiger partial charge in [0.1, 0.15) is 0 Å². The number of hydrogen-bond donors (Lipinski definition) is 2. The summed E-state index contributed by atoms with van der Waals surface area (Å²) in [7, 11) is 0. The van der Waals surface area contributed by atoms with E-state index in [0.717, 1.165) is 26.1 Å². The molecule has 0 aliphatic carbocycles. The van der Waals surface area contributed by atoms with Gasteiger partial charge >= 0.3 is 0 Å². The summed E-state index contributed by atoms with van der Waals surface area (Å²) in [5.74, 6) is 0. The van der Waals surface area contributed by atoms with Gasteiger partial charge in [0.15, 0.2) is 0 Å². The van der Waals surface area contributed by atoms with Crippen LogP contribution in [0.5, 0.6) is 0 Å². The van der Waals surface area contributed by atoms with Crippen LogP contribution in [-0.2, 0) is 0 Å². The normalized spacial score (nSPS) is 12.1. The van der Waals surface area contributed by atoms with Crippen LogP contribution in [0.1, 0.15) is 20.3 Å². The van der Waals surface area contributed by atoms with Crippen molar-refractivity contribution in [2.45, 2.75) is 20.3 Å². The van der Waals surface area contributed by atoms with Gasteiger partial charge in [-0.15, -0.1) is 0 Å². The lowest BCUT2D eigenvalue weighted by Crippen LogP contribution is -2.23. The Bertz CT molecular complexity index is 97.4. The highest BCUT2D eigenvalue weighted by Gasteiger charge is 1.86. The Balaban J connectivity index is 3.04. The van der Waals surface area contributed by atoms with Crippen LogP contribution >= 0.6 is 0 Å². The van der Waals surface area contributed by atoms with Crippen molar-refractivity contribution in [1.82, 2.24) is 5.32 Å². The Labute approximate surface area is 63.5 Å². The second-order valence-electron chi connectivity index (χ2n) is 2.42. The molecule has 0 rings (SSSR count). The van der Waals surface area contributed by atoms with Crippen molar-refractivity contribution in [1.29, 1.82) is 0 Å². The minimum Gasteiger partial charge on any atom is -0.329 e. The molecule has 0 atom stereocenters. The van der Waals surface area contributed by atoms with E-state index in [1.165, 1.54) is 5.57 Å². The summed E-state index contributed by atoms with van der Waals surface area (Å²) in [5, 5.41) is 3.23. The van der Waals surface area contributed by atoms with Crippen LogP contribution in [0.4, 0.5) is 0 Å². The lowest BCUT2D eigenvalue weighted by Gasteiger charge is -2.01. The molecule has 0 heterocycles. The first-order chi connectivity index (χ1) is 4.81. The summed E-state index contributed by atoms with van der Waals surface area (Å²) in [6.45, 7) is 6.92. The fraction of sp³-hybridized carbons (Fsp3) is 0.750. The lowest BCUT2D eigenvalue weighted by molar-refractivity contribution is 0.686. The fourth-order valence-electron chi connectivity index (χ4n) is 0.657. The molecule has 2 heteroatoms. The predicted octanol–water partition coefficient (Wildman–Crippen LogP) is 0.891. The molecule has 0 fully saturated rings. The Morgan fingerprint density at radius 2 is 2.20 bits per heavy atom. The van der Waals surface area contributed by atoms with Crippen molar-refractivity contribution in [3.05, 3.63) is 11.6 Å². The van der Waals surface area contributed by atoms with Gasteiger partial charge in [0.25, 0.3) is 0 Å². The average Bonchev–Trinajstić information content (AvgIpc) is 1.98. The smallest absolute Gasteiger partial charge is 0.00746 e. The molecule has 0 saturated carbocycles. The van der Waals surface area contributed by atoms with Gasteiger partial charge in [-0.05, 0) is 26.8 Å². The molecule has 0 amide bonds. The second kappa shape index (κ2) is 6.78. The highest BCUT2D eigenvalue weighted by Crippen LogP contribution is 1.95. The molecule has 0 bridgehead atoms. The van der Waals surface area contributed by atoms with Crippen LogP contribution in [0.15, 0.2) is 11.6 Å². The summed E-state index contributed by atoms with van der Waals surface area (Å²) in [6.07, 6.45) is 3.28. The molecule has 0 unspecified atom stereocenters. The third-order valence-electron chi connectivity index (χ3n) is 1.51. The summed E-state index contributed by atoms with van der Waals surface area (Å²) >= 11 is 0. The van der Waals surface area contributed by atoms with Gasteiger partial charge in [-0.2, -0.15) is 0 Å². The van der Waals surface area contributed by atoms with Gasteiger partial charge in [0.05, 0.1) is 0 Å². The molecular formula is C8H18N2. The summed E-state index contributed by atoms with van der Waals surface area (Å²) in [4.78, 5) is 0. The molecule has 0 radical (unpaired) electrons. The van der Waals surface area contributed by atoms with Crippen molar-refractivity contribution >= 4 is 0 Å². The minimum atomic E-state index is 0.731. The zero-order chi connectivity index (χ0) is 7.82. The molecule has 3 N–H and O–H groups in total. The summed E-state index contributed by atoms with van der Waals surface area (Å²) in [5.41, 5.74) is 6.74. The molecule has 60 valence electrons. The fourth-order valence-corrected chi connectivity index (χ4v) is 0.657. The maximum Gasteiger partial charge on any atom is 0.00746 e. The van der Waals surface area contributed by atoms with Crippen LogP contribution in [0, 0.1) is 0 Å². The van der Waals surface area contributed by atoms with Crippen LogP contribution in [0.25, 0.3) is 0 Å². The standard InChI is InChI=1S/C8H18N2/c1-3-8(2)4-6-10-7-5-9/h3,10H,4-7,9H2,1-2H3/b8-3-. The third-order valence-corrected chi connectivity index (χ3v) is 1.51. The van der Waals surface area contributed by atoms with E-state index in [0.29, 0.717) is 0 Å². The van der Waals surface area contributed by atoms with Crippen molar-refractivity contribution < 1.29 is 0 Å². The number of allylic oxidation sites excluding steroid dienone is 1. The monoisotopic (exact) mass is 142 g/mol. The van der Waals surface area contributed by atoms with Gasteiger partial charge in [-0.3, -0.25) is 0 Å². The molecule has 0 aromatic heterocycles. The predicted molar refractivity (Wildman–Crippen MR) is 46.0 cm³/mol. The first-order valence-electron chi connectivity index (χ1n) is 3.83. The number of hydrogen-bond acceptors (Lipinski definition) is 2. The van der Waals surface area contributed by atoms with E-state index < -0.39 is 0 Å². The number of nitrogens with one attached hydrogen (secondary N) is 1. The molecule has 10 heavy (non-hydrogen) atoms. The maximum absolute atomic E-state index is 5.30. The van der Waals surface area contributed by atoms with Gasteiger partial charge in [-0.25, -0.2) is 0 Å². The molecule has 0 spiro atoms. The molecule has 0 aliphatic rings. The van der Waals surface area contributed by atoms with E-state index in [4.69, 9.17) is 5.73 Å². The van der Waals surface area contributed by atoms with E-state index in [1.807, 2.05) is 0 Å². The van der Waals surface area contributed by atoms with E-state index in [1.54, 1.807) is 0 Å². The molecule has 0 aliphatic heterocycles. The molecule has 0 saturated heterocycles. The second-order valence-corrected chi connectivity index (χ2v) is 2.42. The topological polar surface area (TPSA) is 38.0 Å². The molecule has 0 aromatic rings. The number of nitrogens with two attached hydrogens (primary N) is 1. The van der Waals surface area contributed by atoms with Crippen LogP contribution in [0.2, 0.25) is 0 Å². The number of rotatable bonds is 5. The Kier molecular flexibility index (Phi) is 6.55. The van der Waals surface area contributed by atoms with Gasteiger partial charge in [0.2, 0.25) is 0 Å². The van der Waals surface area contributed by atoms with Gasteiger partial charge in [-0.1, -0.05) is 11.6 Å². The zero-order valence-electron chi connectivity index (χ0n) is 6.98. The van der Waals surface area contributed by atoms with Crippen molar-refractivity contribution in [3.8, 4) is 0 Å². The molecule has 0 aromatic carbocycles. The minimum absolute atomic E-state index is 0.731. The largest absolute Gasteiger partial charge is 0.329 e. The average molecular weight is 142 g/mol. The SMILES string of the molecule is C/C=C(/C)CCNCCN. The maximum atomic E-state index is 5.30. The van der Waals surface area contributed by atoms with Crippen molar-refractivity contribution in [2.24, 2.45) is 5.73 Å². The van der Waals surface area contributed by atoms with Crippen LogP contribution in [0.3, 0.4) is 0 Å². The van der Waals surface area contributed by atoms with Crippen LogP contribution < -0.4 is 11.1 Å².